The molecule has 0 heterocycles. The molecule has 0 bridgehead atoms. The highest BCUT2D eigenvalue weighted by Crippen LogP contribution is 2.25. The van der Waals surface area contributed by atoms with Gasteiger partial charge in [-0.05, 0) is 29.8 Å². The Labute approximate surface area is 119 Å². The number of hydrogen-bond acceptors (Lipinski definition) is 4. The minimum Gasteiger partial charge on any atom is -0.508 e. The maximum absolute atomic E-state index is 11.4. The van der Waals surface area contributed by atoms with Gasteiger partial charge in [0.1, 0.15) is 5.75 Å². The van der Waals surface area contributed by atoms with E-state index in [4.69, 9.17) is 0 Å². The molecule has 0 fully saturated rings. The van der Waals surface area contributed by atoms with E-state index in [1.54, 1.807) is 6.07 Å². The van der Waals surface area contributed by atoms with Gasteiger partial charge in [-0.25, -0.2) is 4.79 Å². The van der Waals surface area contributed by atoms with Crippen LogP contribution in [0.15, 0.2) is 48.5 Å². The fourth-order valence-electron chi connectivity index (χ4n) is 1.84. The highest BCUT2D eigenvalue weighted by molar-refractivity contribution is 6.20. The van der Waals surface area contributed by atoms with Crippen LogP contribution < -0.4 is 0 Å². The summed E-state index contributed by atoms with van der Waals surface area (Å²) in [7, 11) is 0. The predicted molar refractivity (Wildman–Crippen MR) is 76.7 cm³/mol. The molecule has 2 N–H and O–H groups in total. The third kappa shape index (κ3) is 3.24. The summed E-state index contributed by atoms with van der Waals surface area (Å²) in [6, 6.07) is 11.5. The van der Waals surface area contributed by atoms with Crippen molar-refractivity contribution in [1.29, 1.82) is 0 Å². The molecule has 2 aromatic carbocycles. The zero-order chi connectivity index (χ0) is 15.4. The van der Waals surface area contributed by atoms with Crippen molar-refractivity contribution in [2.45, 2.75) is 0 Å². The van der Waals surface area contributed by atoms with Crippen molar-refractivity contribution in [2.24, 2.45) is 0 Å². The number of aromatic hydroxyl groups is 1. The van der Waals surface area contributed by atoms with Crippen LogP contribution in [0.4, 0.5) is 5.69 Å². The lowest BCUT2D eigenvalue weighted by atomic mass is 10.0. The standard InChI is InChI=1S/C15H11NO5/c17-12-7-5-10(6-8-12)13(15(18)19)9-11-3-1-2-4-14(11)16(20)21/h1-9,17H,(H,18,19)/b13-9-. The summed E-state index contributed by atoms with van der Waals surface area (Å²) in [5, 5.41) is 29.5. The molecule has 6 heteroatoms. The summed E-state index contributed by atoms with van der Waals surface area (Å²) in [5.41, 5.74) is 0.283. The van der Waals surface area contributed by atoms with E-state index in [0.29, 0.717) is 5.56 Å². The van der Waals surface area contributed by atoms with Gasteiger partial charge in [0.25, 0.3) is 5.69 Å². The largest absolute Gasteiger partial charge is 0.508 e. The number of nitro groups is 1. The van der Waals surface area contributed by atoms with E-state index in [9.17, 15) is 25.1 Å². The van der Waals surface area contributed by atoms with Gasteiger partial charge in [-0.1, -0.05) is 24.3 Å². The second kappa shape index (κ2) is 5.87. The molecule has 0 atom stereocenters. The molecule has 0 saturated carbocycles. The van der Waals surface area contributed by atoms with Crippen molar-refractivity contribution in [2.75, 3.05) is 0 Å². The smallest absolute Gasteiger partial charge is 0.336 e. The monoisotopic (exact) mass is 285 g/mol. The molecule has 0 aliphatic heterocycles. The summed E-state index contributed by atoms with van der Waals surface area (Å²) in [6.45, 7) is 0. The number of carbonyl (C=O) groups is 1. The quantitative estimate of drug-likeness (QED) is 0.389. The molecule has 106 valence electrons. The maximum Gasteiger partial charge on any atom is 0.336 e. The molecule has 0 spiro atoms. The number of nitrogens with zero attached hydrogens (tertiary/aromatic N) is 1. The van der Waals surface area contributed by atoms with Crippen LogP contribution in [-0.4, -0.2) is 21.1 Å². The van der Waals surface area contributed by atoms with Gasteiger partial charge in [-0.3, -0.25) is 10.1 Å². The Morgan fingerprint density at radius 2 is 1.71 bits per heavy atom. The lowest BCUT2D eigenvalue weighted by Crippen LogP contribution is -2.00. The fourth-order valence-corrected chi connectivity index (χ4v) is 1.84. The minimum absolute atomic E-state index is 0.00850. The fraction of sp³-hybridized carbons (Fsp3) is 0. The summed E-state index contributed by atoms with van der Waals surface area (Å²) in [5.74, 6) is -1.20. The van der Waals surface area contributed by atoms with Crippen molar-refractivity contribution >= 4 is 23.3 Å². The number of nitro benzene ring substituents is 1. The zero-order valence-electron chi connectivity index (χ0n) is 10.8. The van der Waals surface area contributed by atoms with Crippen LogP contribution >= 0.6 is 0 Å². The predicted octanol–water partition coefficient (Wildman–Crippen LogP) is 2.93. The van der Waals surface area contributed by atoms with E-state index in [0.717, 1.165) is 0 Å². The van der Waals surface area contributed by atoms with Crippen molar-refractivity contribution in [3.8, 4) is 5.75 Å². The van der Waals surface area contributed by atoms with E-state index in [1.165, 1.54) is 48.5 Å². The summed E-state index contributed by atoms with van der Waals surface area (Å²) in [4.78, 5) is 21.8. The first-order chi connectivity index (χ1) is 9.99. The SMILES string of the molecule is O=C(O)/C(=C\c1ccccc1[N+](=O)[O-])c1ccc(O)cc1. The van der Waals surface area contributed by atoms with Gasteiger partial charge in [0.15, 0.2) is 0 Å². The Balaban J connectivity index is 2.56. The number of carboxylic acids is 1. The number of rotatable bonds is 4. The van der Waals surface area contributed by atoms with E-state index >= 15 is 0 Å². The van der Waals surface area contributed by atoms with Gasteiger partial charge in [0, 0.05) is 6.07 Å². The Morgan fingerprint density at radius 3 is 2.29 bits per heavy atom. The number of para-hydroxylation sites is 1. The van der Waals surface area contributed by atoms with E-state index in [2.05, 4.69) is 0 Å². The molecular formula is C15H11NO5. The lowest BCUT2D eigenvalue weighted by molar-refractivity contribution is -0.385. The molecule has 0 amide bonds. The number of phenols is 1. The van der Waals surface area contributed by atoms with Gasteiger partial charge in [0.05, 0.1) is 16.1 Å². The van der Waals surface area contributed by atoms with E-state index < -0.39 is 10.9 Å². The van der Waals surface area contributed by atoms with Crippen molar-refractivity contribution in [1.82, 2.24) is 0 Å². The Kier molecular flexibility index (Phi) is 3.99. The molecule has 0 aliphatic carbocycles. The Morgan fingerprint density at radius 1 is 1.10 bits per heavy atom. The molecule has 2 rings (SSSR count). The number of benzene rings is 2. The molecular weight excluding hydrogens is 274 g/mol. The van der Waals surface area contributed by atoms with Crippen LogP contribution in [0.5, 0.6) is 5.75 Å². The first-order valence-corrected chi connectivity index (χ1v) is 5.97. The normalized spacial score (nSPS) is 11.1. The highest BCUT2D eigenvalue weighted by Gasteiger charge is 2.15. The van der Waals surface area contributed by atoms with Crippen LogP contribution in [0.25, 0.3) is 11.6 Å². The number of hydrogen-bond donors (Lipinski definition) is 2. The third-order valence-corrected chi connectivity index (χ3v) is 2.84. The van der Waals surface area contributed by atoms with Gasteiger partial charge >= 0.3 is 5.97 Å². The average Bonchev–Trinajstić information content (AvgIpc) is 2.46. The van der Waals surface area contributed by atoms with Crippen LogP contribution in [0, 0.1) is 10.1 Å². The first-order valence-electron chi connectivity index (χ1n) is 5.97. The van der Waals surface area contributed by atoms with Crippen LogP contribution in [-0.2, 0) is 4.79 Å². The summed E-state index contributed by atoms with van der Waals surface area (Å²) < 4.78 is 0. The lowest BCUT2D eigenvalue weighted by Gasteiger charge is -2.04. The molecule has 0 aromatic heterocycles. The van der Waals surface area contributed by atoms with Crippen molar-refractivity contribution in [3.63, 3.8) is 0 Å². The maximum atomic E-state index is 11.4. The van der Waals surface area contributed by atoms with Crippen LogP contribution in [0.3, 0.4) is 0 Å². The van der Waals surface area contributed by atoms with Crippen LogP contribution in [0.1, 0.15) is 11.1 Å². The topological polar surface area (TPSA) is 101 Å². The minimum atomic E-state index is -1.21. The Hall–Kier alpha value is -3.15. The van der Waals surface area contributed by atoms with Gasteiger partial charge in [-0.15, -0.1) is 0 Å². The van der Waals surface area contributed by atoms with Gasteiger partial charge < -0.3 is 10.2 Å². The second-order valence-electron chi connectivity index (χ2n) is 4.23. The number of carboxylic acid groups (broad SMARTS) is 1. The Bertz CT molecular complexity index is 719. The van der Waals surface area contributed by atoms with E-state index in [-0.39, 0.29) is 22.6 Å². The third-order valence-electron chi connectivity index (χ3n) is 2.84. The molecule has 21 heavy (non-hydrogen) atoms. The first kappa shape index (κ1) is 14.3. The summed E-state index contributed by atoms with van der Waals surface area (Å²) >= 11 is 0. The zero-order valence-corrected chi connectivity index (χ0v) is 10.8. The molecule has 0 radical (unpaired) electrons. The molecule has 0 unspecified atom stereocenters. The van der Waals surface area contributed by atoms with Crippen molar-refractivity contribution in [3.05, 3.63) is 69.8 Å². The van der Waals surface area contributed by atoms with Gasteiger partial charge in [-0.2, -0.15) is 0 Å². The molecule has 6 nitrogen and oxygen atoms in total. The molecule has 0 aliphatic rings. The highest BCUT2D eigenvalue weighted by atomic mass is 16.6. The average molecular weight is 285 g/mol. The van der Waals surface area contributed by atoms with Crippen LogP contribution in [0.2, 0.25) is 0 Å². The number of aliphatic carboxylic acids is 1. The summed E-state index contributed by atoms with van der Waals surface area (Å²) in [6.07, 6.45) is 1.24. The molecule has 2 aromatic rings. The van der Waals surface area contributed by atoms with E-state index in [1.807, 2.05) is 0 Å². The second-order valence-corrected chi connectivity index (χ2v) is 4.23. The van der Waals surface area contributed by atoms with Crippen molar-refractivity contribution < 1.29 is 19.9 Å². The molecule has 0 saturated heterocycles. The van der Waals surface area contributed by atoms with Gasteiger partial charge in [0.2, 0.25) is 0 Å². The number of phenolic OH excluding ortho intramolecular Hbond substituents is 1.